The molecule has 0 spiro atoms. The maximum atomic E-state index is 13.4. The van der Waals surface area contributed by atoms with Gasteiger partial charge >= 0.3 is 5.97 Å². The highest BCUT2D eigenvalue weighted by molar-refractivity contribution is 7.10. The average molecular weight is 423 g/mol. The van der Waals surface area contributed by atoms with Crippen molar-refractivity contribution in [3.63, 3.8) is 0 Å². The van der Waals surface area contributed by atoms with Gasteiger partial charge in [-0.05, 0) is 42.5 Å². The van der Waals surface area contributed by atoms with Gasteiger partial charge in [0.2, 0.25) is 6.79 Å². The van der Waals surface area contributed by atoms with E-state index in [0.29, 0.717) is 34.8 Å². The molecule has 0 saturated carbocycles. The van der Waals surface area contributed by atoms with Crippen molar-refractivity contribution in [3.8, 4) is 11.5 Å². The fourth-order valence-electron chi connectivity index (χ4n) is 4.57. The van der Waals surface area contributed by atoms with Gasteiger partial charge in [0, 0.05) is 40.1 Å². The Morgan fingerprint density at radius 3 is 2.80 bits per heavy atom. The maximum Gasteiger partial charge on any atom is 0.336 e. The van der Waals surface area contributed by atoms with Crippen molar-refractivity contribution >= 4 is 23.1 Å². The van der Waals surface area contributed by atoms with E-state index in [1.807, 2.05) is 36.6 Å². The van der Waals surface area contributed by atoms with Crippen LogP contribution in [0, 0.1) is 0 Å². The molecule has 154 valence electrons. The van der Waals surface area contributed by atoms with Crippen LogP contribution in [0.4, 0.5) is 0 Å². The van der Waals surface area contributed by atoms with Gasteiger partial charge in [0.15, 0.2) is 17.3 Å². The van der Waals surface area contributed by atoms with Crippen LogP contribution < -0.4 is 14.8 Å². The zero-order chi connectivity index (χ0) is 20.8. The van der Waals surface area contributed by atoms with E-state index in [-0.39, 0.29) is 18.5 Å². The fourth-order valence-corrected chi connectivity index (χ4v) is 5.40. The third-order valence-corrected chi connectivity index (χ3v) is 6.94. The number of nitrogens with one attached hydrogen (secondary N) is 1. The Bertz CT molecular complexity index is 1100. The summed E-state index contributed by atoms with van der Waals surface area (Å²) in [5.74, 6) is 0.541. The second-order valence-corrected chi connectivity index (χ2v) is 8.62. The SMILES string of the molecule is COC(=O)C1=C(C)NC2=C(C(=O)C[C@H](c3cccs3)C2)[C@H]1c1ccc2c(c1)OCO2. The zero-order valence-electron chi connectivity index (χ0n) is 16.7. The Balaban J connectivity index is 1.62. The van der Waals surface area contributed by atoms with Gasteiger partial charge in [-0.25, -0.2) is 4.79 Å². The van der Waals surface area contributed by atoms with Crippen LogP contribution in [-0.4, -0.2) is 25.7 Å². The van der Waals surface area contributed by atoms with E-state index >= 15 is 0 Å². The molecule has 6 nitrogen and oxygen atoms in total. The van der Waals surface area contributed by atoms with E-state index in [2.05, 4.69) is 11.4 Å². The van der Waals surface area contributed by atoms with Crippen molar-refractivity contribution in [1.82, 2.24) is 5.32 Å². The van der Waals surface area contributed by atoms with Gasteiger partial charge < -0.3 is 19.5 Å². The smallest absolute Gasteiger partial charge is 0.336 e. The number of esters is 1. The minimum absolute atomic E-state index is 0.0544. The quantitative estimate of drug-likeness (QED) is 0.752. The Morgan fingerprint density at radius 1 is 1.20 bits per heavy atom. The lowest BCUT2D eigenvalue weighted by Crippen LogP contribution is -2.35. The molecule has 3 aliphatic rings. The van der Waals surface area contributed by atoms with Crippen LogP contribution in [0.2, 0.25) is 0 Å². The maximum absolute atomic E-state index is 13.4. The van der Waals surface area contributed by atoms with Crippen LogP contribution in [-0.2, 0) is 14.3 Å². The minimum Gasteiger partial charge on any atom is -0.466 e. The predicted molar refractivity (Wildman–Crippen MR) is 111 cm³/mol. The van der Waals surface area contributed by atoms with Crippen LogP contribution in [0.15, 0.2) is 58.3 Å². The van der Waals surface area contributed by atoms with Crippen LogP contribution in [0.3, 0.4) is 0 Å². The number of ketones is 1. The Labute approximate surface area is 178 Å². The minimum atomic E-state index is -0.500. The number of rotatable bonds is 3. The topological polar surface area (TPSA) is 73.9 Å². The molecule has 0 amide bonds. The number of hydrogen-bond donors (Lipinski definition) is 1. The van der Waals surface area contributed by atoms with E-state index < -0.39 is 11.9 Å². The highest BCUT2D eigenvalue weighted by Gasteiger charge is 2.41. The number of fused-ring (bicyclic) bond motifs is 1. The molecule has 0 fully saturated rings. The van der Waals surface area contributed by atoms with Crippen molar-refractivity contribution in [1.29, 1.82) is 0 Å². The summed E-state index contributed by atoms with van der Waals surface area (Å²) in [6.45, 7) is 2.02. The Morgan fingerprint density at radius 2 is 2.03 bits per heavy atom. The molecule has 2 aromatic rings. The summed E-state index contributed by atoms with van der Waals surface area (Å²) in [7, 11) is 1.36. The zero-order valence-corrected chi connectivity index (χ0v) is 17.5. The number of methoxy groups -OCH3 is 1. The van der Waals surface area contributed by atoms with E-state index in [4.69, 9.17) is 14.2 Å². The summed E-state index contributed by atoms with van der Waals surface area (Å²) < 4.78 is 16.0. The van der Waals surface area contributed by atoms with E-state index in [1.165, 1.54) is 12.0 Å². The van der Waals surface area contributed by atoms with Gasteiger partial charge in [-0.1, -0.05) is 12.1 Å². The van der Waals surface area contributed by atoms with Gasteiger partial charge in [0.05, 0.1) is 12.7 Å². The molecule has 0 bridgehead atoms. The van der Waals surface area contributed by atoms with Gasteiger partial charge in [-0.15, -0.1) is 11.3 Å². The molecule has 7 heteroatoms. The first-order valence-electron chi connectivity index (χ1n) is 9.82. The summed E-state index contributed by atoms with van der Waals surface area (Å²) in [4.78, 5) is 27.3. The third-order valence-electron chi connectivity index (χ3n) is 5.91. The van der Waals surface area contributed by atoms with E-state index in [0.717, 1.165) is 17.7 Å². The lowest BCUT2D eigenvalue weighted by molar-refractivity contribution is -0.136. The molecule has 2 aliphatic heterocycles. The molecule has 3 heterocycles. The molecule has 30 heavy (non-hydrogen) atoms. The highest BCUT2D eigenvalue weighted by atomic mass is 32.1. The number of carbonyl (C=O) groups is 2. The molecular weight excluding hydrogens is 402 g/mol. The number of dihydropyridines is 1. The summed E-state index contributed by atoms with van der Waals surface area (Å²) >= 11 is 1.67. The molecule has 1 N–H and O–H groups in total. The monoisotopic (exact) mass is 423 g/mol. The van der Waals surface area contributed by atoms with Crippen LogP contribution in [0.1, 0.15) is 42.0 Å². The van der Waals surface area contributed by atoms with Crippen LogP contribution in [0.5, 0.6) is 11.5 Å². The normalized spacial score (nSPS) is 22.7. The average Bonchev–Trinajstić information content (AvgIpc) is 3.43. The molecule has 0 unspecified atom stereocenters. The molecular formula is C23H21NO5S. The van der Waals surface area contributed by atoms with Gasteiger partial charge in [-0.3, -0.25) is 4.79 Å². The Kier molecular flexibility index (Phi) is 4.62. The summed E-state index contributed by atoms with van der Waals surface area (Å²) in [6, 6.07) is 9.67. The number of Topliss-reactive ketones (excluding diaryl/α,β-unsaturated/α-hetero) is 1. The fraction of sp³-hybridized carbons (Fsp3) is 0.304. The molecule has 1 aliphatic carbocycles. The third kappa shape index (κ3) is 3.01. The first-order valence-corrected chi connectivity index (χ1v) is 10.7. The van der Waals surface area contributed by atoms with E-state index in [9.17, 15) is 9.59 Å². The van der Waals surface area contributed by atoms with E-state index in [1.54, 1.807) is 11.3 Å². The number of ether oxygens (including phenoxy) is 3. The van der Waals surface area contributed by atoms with Gasteiger partial charge in [0.25, 0.3) is 0 Å². The van der Waals surface area contributed by atoms with Crippen molar-refractivity contribution < 1.29 is 23.8 Å². The second-order valence-electron chi connectivity index (χ2n) is 7.64. The standard InChI is InChI=1S/C23H21NO5S/c1-12-20(23(26)27-2)21(13-5-6-17-18(10-13)29-11-28-17)22-15(24-12)8-14(9-16(22)25)19-4-3-7-30-19/h3-7,10,14,21,24H,8-9,11H2,1-2H3/t14-,21+/m1/s1. The molecule has 0 radical (unpaired) electrons. The second kappa shape index (κ2) is 7.32. The first-order chi connectivity index (χ1) is 14.6. The van der Waals surface area contributed by atoms with Crippen molar-refractivity contribution in [2.45, 2.75) is 31.6 Å². The van der Waals surface area contributed by atoms with Crippen LogP contribution >= 0.6 is 11.3 Å². The first kappa shape index (κ1) is 18.9. The molecule has 2 atom stereocenters. The molecule has 5 rings (SSSR count). The Hall–Kier alpha value is -3.06. The summed E-state index contributed by atoms with van der Waals surface area (Å²) in [5.41, 5.74) is 3.52. The molecule has 1 aromatic carbocycles. The summed E-state index contributed by atoms with van der Waals surface area (Å²) in [6.07, 6.45) is 1.16. The largest absolute Gasteiger partial charge is 0.466 e. The lowest BCUT2D eigenvalue weighted by Gasteiger charge is -2.36. The van der Waals surface area contributed by atoms with Gasteiger partial charge in [0.1, 0.15) is 0 Å². The lowest BCUT2D eigenvalue weighted by atomic mass is 9.72. The number of carbonyl (C=O) groups excluding carboxylic acids is 2. The number of allylic oxidation sites excluding steroid dienone is 3. The number of thiophene rings is 1. The van der Waals surface area contributed by atoms with Crippen molar-refractivity contribution in [2.24, 2.45) is 0 Å². The molecule has 1 aromatic heterocycles. The van der Waals surface area contributed by atoms with Crippen molar-refractivity contribution in [3.05, 3.63) is 68.7 Å². The number of benzene rings is 1. The highest BCUT2D eigenvalue weighted by Crippen LogP contribution is 2.47. The van der Waals surface area contributed by atoms with Crippen molar-refractivity contribution in [2.75, 3.05) is 13.9 Å². The summed E-state index contributed by atoms with van der Waals surface area (Å²) in [5, 5.41) is 5.38. The molecule has 0 saturated heterocycles. The van der Waals surface area contributed by atoms with Crippen LogP contribution in [0.25, 0.3) is 0 Å². The number of hydrogen-bond acceptors (Lipinski definition) is 7. The van der Waals surface area contributed by atoms with Gasteiger partial charge in [-0.2, -0.15) is 0 Å². The predicted octanol–water partition coefficient (Wildman–Crippen LogP) is 4.01.